The minimum atomic E-state index is -0.0750. The largest absolute Gasteiger partial charge is 0.494 e. The summed E-state index contributed by atoms with van der Waals surface area (Å²) in [6, 6.07) is 12.6. The van der Waals surface area contributed by atoms with Gasteiger partial charge >= 0.3 is 0 Å². The second kappa shape index (κ2) is 7.27. The van der Waals surface area contributed by atoms with Crippen LogP contribution in [0.5, 0.6) is 11.5 Å². The summed E-state index contributed by atoms with van der Waals surface area (Å²) in [5, 5.41) is 0. The summed E-state index contributed by atoms with van der Waals surface area (Å²) in [5.74, 6) is 1.26. The predicted octanol–water partition coefficient (Wildman–Crippen LogP) is 4.48. The third kappa shape index (κ3) is 3.64. The maximum absolute atomic E-state index is 12.7. The molecule has 0 heterocycles. The average Bonchev–Trinajstić information content (AvgIpc) is 2.48. The van der Waals surface area contributed by atoms with Gasteiger partial charge in [0.25, 0.3) is 0 Å². The van der Waals surface area contributed by atoms with Crippen LogP contribution in [0.3, 0.4) is 0 Å². The summed E-state index contributed by atoms with van der Waals surface area (Å²) in [5.41, 5.74) is 1.15. The zero-order valence-corrected chi connectivity index (χ0v) is 13.6. The Hall–Kier alpha value is -1.81. The van der Waals surface area contributed by atoms with Gasteiger partial charge in [-0.15, -0.1) is 0 Å². The quantitative estimate of drug-likeness (QED) is 0.722. The van der Waals surface area contributed by atoms with Crippen LogP contribution in [0.2, 0.25) is 0 Å². The van der Waals surface area contributed by atoms with E-state index in [1.807, 2.05) is 26.0 Å². The molecule has 0 unspecified atom stereocenters. The van der Waals surface area contributed by atoms with Crippen LogP contribution in [0.15, 0.2) is 46.9 Å². The Labute approximate surface area is 133 Å². The Balaban J connectivity index is 2.36. The van der Waals surface area contributed by atoms with E-state index in [9.17, 15) is 4.79 Å². The molecule has 0 amide bonds. The number of para-hydroxylation sites is 1. The predicted molar refractivity (Wildman–Crippen MR) is 86.4 cm³/mol. The molecule has 2 aromatic carbocycles. The van der Waals surface area contributed by atoms with Gasteiger partial charge < -0.3 is 9.47 Å². The van der Waals surface area contributed by atoms with Gasteiger partial charge in [0.15, 0.2) is 5.78 Å². The molecule has 3 nitrogen and oxygen atoms in total. The third-order valence-electron chi connectivity index (χ3n) is 2.93. The Kier molecular flexibility index (Phi) is 5.39. The standard InChI is InChI=1S/C17H17BrO3/c1-3-20-12-9-10-13(15(18)11-12)17(19)14-7-5-6-8-16(14)21-4-2/h5-11H,3-4H2,1-2H3. The average molecular weight is 349 g/mol. The Morgan fingerprint density at radius 3 is 2.38 bits per heavy atom. The van der Waals surface area contributed by atoms with Gasteiger partial charge in [-0.05, 0) is 60.1 Å². The van der Waals surface area contributed by atoms with Gasteiger partial charge in [0, 0.05) is 10.0 Å². The second-order valence-electron chi connectivity index (χ2n) is 4.33. The molecule has 21 heavy (non-hydrogen) atoms. The molecule has 0 aliphatic carbocycles. The van der Waals surface area contributed by atoms with Gasteiger partial charge in [0.1, 0.15) is 11.5 Å². The zero-order valence-electron chi connectivity index (χ0n) is 12.1. The van der Waals surface area contributed by atoms with Crippen LogP contribution >= 0.6 is 15.9 Å². The molecule has 2 aromatic rings. The molecule has 2 rings (SSSR count). The molecule has 0 aliphatic heterocycles. The van der Waals surface area contributed by atoms with Crippen LogP contribution in [-0.2, 0) is 0 Å². The molecule has 0 spiro atoms. The van der Waals surface area contributed by atoms with Crippen LogP contribution in [0, 0.1) is 0 Å². The number of carbonyl (C=O) groups is 1. The fourth-order valence-corrected chi connectivity index (χ4v) is 2.55. The lowest BCUT2D eigenvalue weighted by Gasteiger charge is -2.11. The first-order valence-corrected chi connectivity index (χ1v) is 7.65. The molecule has 110 valence electrons. The van der Waals surface area contributed by atoms with E-state index in [4.69, 9.17) is 9.47 Å². The molecule has 0 N–H and O–H groups in total. The van der Waals surface area contributed by atoms with E-state index in [1.54, 1.807) is 30.3 Å². The van der Waals surface area contributed by atoms with E-state index in [1.165, 1.54) is 0 Å². The molecule has 0 saturated carbocycles. The number of halogens is 1. The van der Waals surface area contributed by atoms with Crippen LogP contribution < -0.4 is 9.47 Å². The number of benzene rings is 2. The van der Waals surface area contributed by atoms with Gasteiger partial charge in [-0.2, -0.15) is 0 Å². The van der Waals surface area contributed by atoms with E-state index in [-0.39, 0.29) is 5.78 Å². The highest BCUT2D eigenvalue weighted by atomic mass is 79.9. The highest BCUT2D eigenvalue weighted by Crippen LogP contribution is 2.28. The van der Waals surface area contributed by atoms with Gasteiger partial charge in [0.05, 0.1) is 18.8 Å². The van der Waals surface area contributed by atoms with Crippen molar-refractivity contribution in [1.82, 2.24) is 0 Å². The van der Waals surface area contributed by atoms with Crippen molar-refractivity contribution >= 4 is 21.7 Å². The van der Waals surface area contributed by atoms with Gasteiger partial charge in [0.2, 0.25) is 0 Å². The number of ketones is 1. The molecule has 0 saturated heterocycles. The SMILES string of the molecule is CCOc1ccc(C(=O)c2ccccc2OCC)c(Br)c1. The molecule has 0 aromatic heterocycles. The van der Waals surface area contributed by atoms with Crippen LogP contribution in [-0.4, -0.2) is 19.0 Å². The molecule has 4 heteroatoms. The first-order chi connectivity index (χ1) is 10.2. The molecular formula is C17H17BrO3. The maximum Gasteiger partial charge on any atom is 0.197 e. The van der Waals surface area contributed by atoms with E-state index in [0.717, 1.165) is 5.75 Å². The summed E-state index contributed by atoms with van der Waals surface area (Å²) >= 11 is 3.44. The maximum atomic E-state index is 12.7. The van der Waals surface area contributed by atoms with Gasteiger partial charge in [-0.3, -0.25) is 4.79 Å². The molecular weight excluding hydrogens is 332 g/mol. The highest BCUT2D eigenvalue weighted by molar-refractivity contribution is 9.10. The number of ether oxygens (including phenoxy) is 2. The second-order valence-corrected chi connectivity index (χ2v) is 5.19. The Morgan fingerprint density at radius 2 is 1.71 bits per heavy atom. The van der Waals surface area contributed by atoms with Crippen molar-refractivity contribution < 1.29 is 14.3 Å². The van der Waals surface area contributed by atoms with E-state index in [0.29, 0.717) is 34.6 Å². The fraction of sp³-hybridized carbons (Fsp3) is 0.235. The highest BCUT2D eigenvalue weighted by Gasteiger charge is 2.17. The van der Waals surface area contributed by atoms with E-state index >= 15 is 0 Å². The smallest absolute Gasteiger partial charge is 0.197 e. The number of hydrogen-bond donors (Lipinski definition) is 0. The van der Waals surface area contributed by atoms with Crippen LogP contribution in [0.4, 0.5) is 0 Å². The van der Waals surface area contributed by atoms with E-state index < -0.39 is 0 Å². The minimum Gasteiger partial charge on any atom is -0.494 e. The summed E-state index contributed by atoms with van der Waals surface area (Å²) in [4.78, 5) is 12.7. The van der Waals surface area contributed by atoms with Crippen molar-refractivity contribution in [2.75, 3.05) is 13.2 Å². The summed E-state index contributed by atoms with van der Waals surface area (Å²) < 4.78 is 11.7. The normalized spacial score (nSPS) is 10.2. The first kappa shape index (κ1) is 15.6. The van der Waals surface area contributed by atoms with Crippen molar-refractivity contribution in [3.63, 3.8) is 0 Å². The molecule has 0 bridgehead atoms. The fourth-order valence-electron chi connectivity index (χ4n) is 2.02. The molecule has 0 radical (unpaired) electrons. The summed E-state index contributed by atoms with van der Waals surface area (Å²) in [6.07, 6.45) is 0. The van der Waals surface area contributed by atoms with Gasteiger partial charge in [-0.1, -0.05) is 12.1 Å². The number of rotatable bonds is 6. The topological polar surface area (TPSA) is 35.5 Å². The number of hydrogen-bond acceptors (Lipinski definition) is 3. The Bertz CT molecular complexity index is 638. The monoisotopic (exact) mass is 348 g/mol. The Morgan fingerprint density at radius 1 is 1.00 bits per heavy atom. The van der Waals surface area contributed by atoms with Crippen molar-refractivity contribution in [1.29, 1.82) is 0 Å². The zero-order chi connectivity index (χ0) is 15.2. The van der Waals surface area contributed by atoms with Crippen LogP contribution in [0.25, 0.3) is 0 Å². The van der Waals surface area contributed by atoms with Gasteiger partial charge in [-0.25, -0.2) is 0 Å². The third-order valence-corrected chi connectivity index (χ3v) is 3.58. The minimum absolute atomic E-state index is 0.0750. The number of carbonyl (C=O) groups excluding carboxylic acids is 1. The summed E-state index contributed by atoms with van der Waals surface area (Å²) in [6.45, 7) is 4.93. The molecule has 0 atom stereocenters. The van der Waals surface area contributed by atoms with Crippen molar-refractivity contribution in [2.24, 2.45) is 0 Å². The van der Waals surface area contributed by atoms with Crippen molar-refractivity contribution in [2.45, 2.75) is 13.8 Å². The van der Waals surface area contributed by atoms with Crippen LogP contribution in [0.1, 0.15) is 29.8 Å². The first-order valence-electron chi connectivity index (χ1n) is 6.86. The van der Waals surface area contributed by atoms with E-state index in [2.05, 4.69) is 15.9 Å². The lowest BCUT2D eigenvalue weighted by Crippen LogP contribution is -2.06. The molecule has 0 fully saturated rings. The van der Waals surface area contributed by atoms with Crippen molar-refractivity contribution in [3.05, 3.63) is 58.1 Å². The van der Waals surface area contributed by atoms with Crippen molar-refractivity contribution in [3.8, 4) is 11.5 Å². The lowest BCUT2D eigenvalue weighted by atomic mass is 10.0. The molecule has 0 aliphatic rings. The summed E-state index contributed by atoms with van der Waals surface area (Å²) in [7, 11) is 0. The lowest BCUT2D eigenvalue weighted by molar-refractivity contribution is 0.103.